The maximum absolute atomic E-state index is 11.8. The summed E-state index contributed by atoms with van der Waals surface area (Å²) in [5.41, 5.74) is 5.08. The smallest absolute Gasteiger partial charge is 0.175 e. The zero-order valence-corrected chi connectivity index (χ0v) is 18.6. The number of rotatable bonds is 6. The van der Waals surface area contributed by atoms with E-state index in [4.69, 9.17) is 11.6 Å². The van der Waals surface area contributed by atoms with Gasteiger partial charge in [-0.3, -0.25) is 4.98 Å². The van der Waals surface area contributed by atoms with Gasteiger partial charge in [-0.1, -0.05) is 35.0 Å². The van der Waals surface area contributed by atoms with Crippen molar-refractivity contribution in [2.75, 3.05) is 6.26 Å². The van der Waals surface area contributed by atoms with Crippen molar-refractivity contribution in [3.05, 3.63) is 93.8 Å². The normalized spacial score (nSPS) is 13.3. The van der Waals surface area contributed by atoms with Crippen molar-refractivity contribution < 1.29 is 13.6 Å². The molecule has 0 amide bonds. The lowest BCUT2D eigenvalue weighted by molar-refractivity contribution is 0.317. The van der Waals surface area contributed by atoms with E-state index in [1.807, 2.05) is 50.2 Å². The number of halogens is 1. The third kappa shape index (κ3) is 5.07. The summed E-state index contributed by atoms with van der Waals surface area (Å²) in [7, 11) is -3.29. The van der Waals surface area contributed by atoms with Crippen molar-refractivity contribution in [3.63, 3.8) is 0 Å². The fraction of sp³-hybridized carbons (Fsp3) is 0.217. The van der Waals surface area contributed by atoms with E-state index in [1.54, 1.807) is 24.4 Å². The predicted octanol–water partition coefficient (Wildman–Crippen LogP) is 5.16. The summed E-state index contributed by atoms with van der Waals surface area (Å²) in [5, 5.41) is 13.9. The molecule has 7 heteroatoms. The molecule has 1 heterocycles. The summed E-state index contributed by atoms with van der Waals surface area (Å²) in [5.74, 6) is -0.157. The van der Waals surface area contributed by atoms with Gasteiger partial charge in [-0.15, -0.1) is 0 Å². The molecule has 0 saturated heterocycles. The van der Waals surface area contributed by atoms with Crippen LogP contribution >= 0.6 is 11.6 Å². The highest BCUT2D eigenvalue weighted by molar-refractivity contribution is 7.90. The summed E-state index contributed by atoms with van der Waals surface area (Å²) in [6, 6.07) is 16.2. The molecule has 30 heavy (non-hydrogen) atoms. The summed E-state index contributed by atoms with van der Waals surface area (Å²) >= 11 is 6.15. The average molecular weight is 443 g/mol. The molecule has 0 spiro atoms. The molecule has 156 valence electrons. The van der Waals surface area contributed by atoms with Crippen LogP contribution in [0.15, 0.2) is 70.8 Å². The lowest BCUT2D eigenvalue weighted by Gasteiger charge is -2.21. The van der Waals surface area contributed by atoms with E-state index in [0.29, 0.717) is 17.2 Å². The summed E-state index contributed by atoms with van der Waals surface area (Å²) in [4.78, 5) is 4.46. The third-order valence-electron chi connectivity index (χ3n) is 5.07. The quantitative estimate of drug-likeness (QED) is 0.325. The van der Waals surface area contributed by atoms with Crippen LogP contribution in [0.3, 0.4) is 0 Å². The highest BCUT2D eigenvalue weighted by atomic mass is 35.5. The van der Waals surface area contributed by atoms with Gasteiger partial charge in [0.2, 0.25) is 0 Å². The van der Waals surface area contributed by atoms with Crippen molar-refractivity contribution >= 4 is 27.1 Å². The van der Waals surface area contributed by atoms with Crippen molar-refractivity contribution in [2.24, 2.45) is 5.16 Å². The number of hydrogen-bond donors (Lipinski definition) is 1. The minimum absolute atomic E-state index is 0.157. The molecule has 3 rings (SSSR count). The molecule has 0 aliphatic heterocycles. The van der Waals surface area contributed by atoms with Crippen LogP contribution in [0.5, 0.6) is 0 Å². The number of aromatic nitrogens is 1. The Morgan fingerprint density at radius 2 is 1.80 bits per heavy atom. The topological polar surface area (TPSA) is 79.6 Å². The van der Waals surface area contributed by atoms with E-state index in [9.17, 15) is 13.6 Å². The molecule has 0 radical (unpaired) electrons. The molecule has 3 aromatic rings. The Morgan fingerprint density at radius 1 is 1.10 bits per heavy atom. The van der Waals surface area contributed by atoms with Gasteiger partial charge >= 0.3 is 0 Å². The lowest BCUT2D eigenvalue weighted by atomic mass is 9.83. The molecule has 1 aromatic heterocycles. The van der Waals surface area contributed by atoms with E-state index >= 15 is 0 Å². The van der Waals surface area contributed by atoms with Gasteiger partial charge in [-0.05, 0) is 66.9 Å². The van der Waals surface area contributed by atoms with E-state index in [0.717, 1.165) is 27.9 Å². The fourth-order valence-electron chi connectivity index (χ4n) is 3.52. The molecule has 0 saturated carbocycles. The molecule has 5 nitrogen and oxygen atoms in total. The van der Waals surface area contributed by atoms with Gasteiger partial charge in [0.25, 0.3) is 0 Å². The molecule has 0 unspecified atom stereocenters. The highest BCUT2D eigenvalue weighted by Crippen LogP contribution is 2.33. The first-order chi connectivity index (χ1) is 14.2. The van der Waals surface area contributed by atoms with Crippen molar-refractivity contribution in [1.29, 1.82) is 0 Å². The minimum atomic E-state index is -3.29. The van der Waals surface area contributed by atoms with E-state index in [2.05, 4.69) is 10.1 Å². The number of sulfone groups is 1. The second kappa shape index (κ2) is 8.98. The number of hydrogen-bond acceptors (Lipinski definition) is 5. The van der Waals surface area contributed by atoms with Crippen LogP contribution in [0.25, 0.3) is 0 Å². The third-order valence-corrected chi connectivity index (χ3v) is 6.43. The lowest BCUT2D eigenvalue weighted by Crippen LogP contribution is -2.12. The maximum Gasteiger partial charge on any atom is 0.175 e. The van der Waals surface area contributed by atoms with Crippen LogP contribution in [-0.4, -0.2) is 30.6 Å². The van der Waals surface area contributed by atoms with Gasteiger partial charge in [-0.2, -0.15) is 0 Å². The van der Waals surface area contributed by atoms with Crippen molar-refractivity contribution in [2.45, 2.75) is 31.1 Å². The molecular weight excluding hydrogens is 420 g/mol. The van der Waals surface area contributed by atoms with E-state index in [1.165, 1.54) is 6.26 Å². The Bertz CT molecular complexity index is 1190. The Hall–Kier alpha value is -2.70. The largest absolute Gasteiger partial charge is 0.411 e. The standard InChI is InChI=1S/C23H23ClN2O3S/c1-15-12-19(24)6-9-21(15)22(17-4-7-20(8-5-17)30(3,28)29)14-23(26-27)18-10-11-25-16(2)13-18/h4-13,22,27H,14H2,1-3H3/b26-23-/t22-/m1/s1. The molecule has 0 aliphatic carbocycles. The summed E-state index contributed by atoms with van der Waals surface area (Å²) in [6.07, 6.45) is 3.28. The first-order valence-corrected chi connectivity index (χ1v) is 11.7. The number of aryl methyl sites for hydroxylation is 2. The average Bonchev–Trinajstić information content (AvgIpc) is 2.69. The Balaban J connectivity index is 2.08. The van der Waals surface area contributed by atoms with Gasteiger partial charge in [0.1, 0.15) is 0 Å². The van der Waals surface area contributed by atoms with Gasteiger partial charge in [0.05, 0.1) is 10.6 Å². The van der Waals surface area contributed by atoms with Gasteiger partial charge in [0, 0.05) is 41.1 Å². The van der Waals surface area contributed by atoms with E-state index in [-0.39, 0.29) is 10.8 Å². The first kappa shape index (κ1) is 22.0. The van der Waals surface area contributed by atoms with Crippen LogP contribution in [0.1, 0.15) is 40.3 Å². The fourth-order valence-corrected chi connectivity index (χ4v) is 4.38. The van der Waals surface area contributed by atoms with E-state index < -0.39 is 9.84 Å². The Morgan fingerprint density at radius 3 is 2.37 bits per heavy atom. The van der Waals surface area contributed by atoms with Crippen LogP contribution in [0.2, 0.25) is 5.02 Å². The first-order valence-electron chi connectivity index (χ1n) is 9.39. The Labute approximate surface area is 182 Å². The van der Waals surface area contributed by atoms with Gasteiger partial charge in [-0.25, -0.2) is 8.42 Å². The SMILES string of the molecule is Cc1cc(/C(C[C@H](c2ccc(S(C)(=O)=O)cc2)c2ccc(Cl)cc2C)=N\O)ccn1. The zero-order valence-electron chi connectivity index (χ0n) is 17.0. The molecular formula is C23H23ClN2O3S. The van der Waals surface area contributed by atoms with Gasteiger partial charge in [0.15, 0.2) is 9.84 Å². The van der Waals surface area contributed by atoms with Crippen LogP contribution in [-0.2, 0) is 9.84 Å². The monoisotopic (exact) mass is 442 g/mol. The zero-order chi connectivity index (χ0) is 21.9. The van der Waals surface area contributed by atoms with Crippen LogP contribution in [0, 0.1) is 13.8 Å². The second-order valence-corrected chi connectivity index (χ2v) is 9.78. The number of benzene rings is 2. The minimum Gasteiger partial charge on any atom is -0.411 e. The van der Waals surface area contributed by atoms with Crippen LogP contribution in [0.4, 0.5) is 0 Å². The van der Waals surface area contributed by atoms with Crippen molar-refractivity contribution in [1.82, 2.24) is 4.98 Å². The predicted molar refractivity (Wildman–Crippen MR) is 119 cm³/mol. The Kier molecular flexibility index (Phi) is 6.58. The number of nitrogens with zero attached hydrogens (tertiary/aromatic N) is 2. The molecule has 0 aliphatic rings. The maximum atomic E-state index is 11.8. The summed E-state index contributed by atoms with van der Waals surface area (Å²) < 4.78 is 23.7. The van der Waals surface area contributed by atoms with Gasteiger partial charge < -0.3 is 5.21 Å². The number of oxime groups is 1. The molecule has 0 fully saturated rings. The van der Waals surface area contributed by atoms with Crippen molar-refractivity contribution in [3.8, 4) is 0 Å². The molecule has 0 bridgehead atoms. The number of pyridine rings is 1. The van der Waals surface area contributed by atoms with Crippen LogP contribution < -0.4 is 0 Å². The second-order valence-electron chi connectivity index (χ2n) is 7.33. The summed E-state index contributed by atoms with van der Waals surface area (Å²) in [6.45, 7) is 3.86. The molecule has 1 N–H and O–H groups in total. The highest BCUT2D eigenvalue weighted by Gasteiger charge is 2.21. The molecule has 1 atom stereocenters. The molecule has 2 aromatic carbocycles.